The number of hydrogen-bond donors (Lipinski definition) is 0. The molecule has 0 N–H and O–H groups in total. The molecule has 8 nitrogen and oxygen atoms in total. The Bertz CT molecular complexity index is 1140. The second-order valence-electron chi connectivity index (χ2n) is 6.72. The highest BCUT2D eigenvalue weighted by Crippen LogP contribution is 2.35. The monoisotopic (exact) mass is 452 g/mol. The quantitative estimate of drug-likeness (QED) is 0.462. The van der Waals surface area contributed by atoms with Crippen LogP contribution in [-0.2, 0) is 20.9 Å². The summed E-state index contributed by atoms with van der Waals surface area (Å²) in [5.41, 5.74) is 1.89. The fourth-order valence-corrected chi connectivity index (χ4v) is 3.95. The SMILES string of the molecule is COC(=O)[C@@H](C)N1C(=O)S/C(=C/c2ccc(OCc3ccccc3C#N)c(OC)c2)C1=O. The Morgan fingerprint density at radius 1 is 1.19 bits per heavy atom. The van der Waals surface area contributed by atoms with Gasteiger partial charge in [-0.05, 0) is 48.5 Å². The first-order valence-electron chi connectivity index (χ1n) is 9.53. The molecule has 0 aliphatic carbocycles. The highest BCUT2D eigenvalue weighted by atomic mass is 32.2. The van der Waals surface area contributed by atoms with Gasteiger partial charge in [0, 0.05) is 5.56 Å². The Labute approximate surface area is 189 Å². The van der Waals surface area contributed by atoms with Crippen molar-refractivity contribution in [1.82, 2.24) is 4.90 Å². The average Bonchev–Trinajstić information content (AvgIpc) is 3.09. The zero-order chi connectivity index (χ0) is 23.3. The van der Waals surface area contributed by atoms with Crippen LogP contribution in [0.2, 0.25) is 0 Å². The zero-order valence-corrected chi connectivity index (χ0v) is 18.5. The summed E-state index contributed by atoms with van der Waals surface area (Å²) in [6.45, 7) is 1.62. The molecule has 2 aromatic rings. The number of nitrogens with zero attached hydrogens (tertiary/aromatic N) is 2. The van der Waals surface area contributed by atoms with E-state index in [1.54, 1.807) is 36.4 Å². The molecule has 2 amide bonds. The molecule has 0 spiro atoms. The van der Waals surface area contributed by atoms with Crippen LogP contribution >= 0.6 is 11.8 Å². The van der Waals surface area contributed by atoms with Gasteiger partial charge in [-0.1, -0.05) is 24.3 Å². The van der Waals surface area contributed by atoms with Crippen LogP contribution in [0.15, 0.2) is 47.4 Å². The van der Waals surface area contributed by atoms with Gasteiger partial charge in [0.05, 0.1) is 30.8 Å². The van der Waals surface area contributed by atoms with Gasteiger partial charge in [-0.15, -0.1) is 0 Å². The van der Waals surface area contributed by atoms with Crippen LogP contribution in [0, 0.1) is 11.3 Å². The molecule has 0 bridgehead atoms. The molecule has 3 rings (SSSR count). The number of carbonyl (C=O) groups excluding carboxylic acids is 3. The maximum Gasteiger partial charge on any atom is 0.328 e. The first kappa shape index (κ1) is 22.9. The summed E-state index contributed by atoms with van der Waals surface area (Å²) >= 11 is 0.750. The Hall–Kier alpha value is -3.77. The van der Waals surface area contributed by atoms with Crippen molar-refractivity contribution in [2.24, 2.45) is 0 Å². The van der Waals surface area contributed by atoms with Crippen LogP contribution in [0.25, 0.3) is 6.08 Å². The maximum absolute atomic E-state index is 12.6. The second kappa shape index (κ2) is 10.0. The first-order valence-corrected chi connectivity index (χ1v) is 10.3. The maximum atomic E-state index is 12.6. The van der Waals surface area contributed by atoms with Gasteiger partial charge in [-0.3, -0.25) is 14.5 Å². The summed E-state index contributed by atoms with van der Waals surface area (Å²) in [4.78, 5) is 37.7. The molecule has 164 valence electrons. The van der Waals surface area contributed by atoms with Crippen molar-refractivity contribution < 1.29 is 28.6 Å². The molecule has 1 aliphatic rings. The number of ether oxygens (including phenoxy) is 3. The molecular weight excluding hydrogens is 432 g/mol. The Morgan fingerprint density at radius 2 is 1.94 bits per heavy atom. The molecule has 1 aliphatic heterocycles. The molecular formula is C23H20N2O6S. The van der Waals surface area contributed by atoms with Gasteiger partial charge >= 0.3 is 5.97 Å². The van der Waals surface area contributed by atoms with E-state index in [0.717, 1.165) is 22.2 Å². The van der Waals surface area contributed by atoms with E-state index in [1.807, 2.05) is 12.1 Å². The van der Waals surface area contributed by atoms with E-state index >= 15 is 0 Å². The van der Waals surface area contributed by atoms with Crippen molar-refractivity contribution in [3.8, 4) is 17.6 Å². The second-order valence-corrected chi connectivity index (χ2v) is 7.71. The van der Waals surface area contributed by atoms with Gasteiger partial charge in [-0.2, -0.15) is 5.26 Å². The zero-order valence-electron chi connectivity index (χ0n) is 17.7. The molecule has 32 heavy (non-hydrogen) atoms. The number of nitriles is 1. The van der Waals surface area contributed by atoms with Crippen LogP contribution in [-0.4, -0.2) is 42.3 Å². The number of carbonyl (C=O) groups is 3. The highest BCUT2D eigenvalue weighted by Gasteiger charge is 2.41. The van der Waals surface area contributed by atoms with Gasteiger partial charge in [0.15, 0.2) is 11.5 Å². The van der Waals surface area contributed by atoms with E-state index in [9.17, 15) is 19.6 Å². The number of amides is 2. The number of imide groups is 1. The van der Waals surface area contributed by atoms with Crippen molar-refractivity contribution in [1.29, 1.82) is 5.26 Å². The highest BCUT2D eigenvalue weighted by molar-refractivity contribution is 8.18. The molecule has 1 fully saturated rings. The number of esters is 1. The number of methoxy groups -OCH3 is 2. The molecule has 0 saturated carbocycles. The number of thioether (sulfide) groups is 1. The number of rotatable bonds is 7. The van der Waals surface area contributed by atoms with Crippen molar-refractivity contribution in [2.75, 3.05) is 14.2 Å². The van der Waals surface area contributed by atoms with Gasteiger partial charge in [0.2, 0.25) is 0 Å². The van der Waals surface area contributed by atoms with Crippen molar-refractivity contribution in [3.05, 3.63) is 64.1 Å². The third-order valence-electron chi connectivity index (χ3n) is 4.76. The van der Waals surface area contributed by atoms with Crippen molar-refractivity contribution in [2.45, 2.75) is 19.6 Å². The third-order valence-corrected chi connectivity index (χ3v) is 5.64. The summed E-state index contributed by atoms with van der Waals surface area (Å²) in [5.74, 6) is -0.347. The average molecular weight is 452 g/mol. The molecule has 1 atom stereocenters. The fraction of sp³-hybridized carbons (Fsp3) is 0.217. The summed E-state index contributed by atoms with van der Waals surface area (Å²) < 4.78 is 15.8. The van der Waals surface area contributed by atoms with E-state index in [4.69, 9.17) is 9.47 Å². The lowest BCUT2D eigenvalue weighted by atomic mass is 10.1. The minimum Gasteiger partial charge on any atom is -0.493 e. The smallest absolute Gasteiger partial charge is 0.328 e. The van der Waals surface area contributed by atoms with Crippen LogP contribution in [0.4, 0.5) is 4.79 Å². The van der Waals surface area contributed by atoms with E-state index in [0.29, 0.717) is 22.6 Å². The molecule has 1 heterocycles. The lowest BCUT2D eigenvalue weighted by Gasteiger charge is -2.18. The van der Waals surface area contributed by atoms with E-state index in [1.165, 1.54) is 21.1 Å². The predicted molar refractivity (Wildman–Crippen MR) is 118 cm³/mol. The molecule has 0 aromatic heterocycles. The Kier molecular flexibility index (Phi) is 7.18. The topological polar surface area (TPSA) is 106 Å². The van der Waals surface area contributed by atoms with Crippen LogP contribution in [0.5, 0.6) is 11.5 Å². The van der Waals surface area contributed by atoms with Gasteiger partial charge in [0.25, 0.3) is 11.1 Å². The standard InChI is InChI=1S/C23H20N2O6S/c1-14(22(27)30-3)25-21(26)20(32-23(25)28)11-15-8-9-18(19(10-15)29-2)31-13-17-7-5-4-6-16(17)12-24/h4-11,14H,13H2,1-3H3/b20-11+/t14-/m1/s1. The van der Waals surface area contributed by atoms with Crippen LogP contribution in [0.3, 0.4) is 0 Å². The fourth-order valence-electron chi connectivity index (χ4n) is 3.05. The third kappa shape index (κ3) is 4.76. The van der Waals surface area contributed by atoms with Crippen molar-refractivity contribution in [3.63, 3.8) is 0 Å². The summed E-state index contributed by atoms with van der Waals surface area (Å²) in [6.07, 6.45) is 1.55. The number of hydrogen-bond acceptors (Lipinski definition) is 8. The molecule has 1 saturated heterocycles. The molecule has 9 heteroatoms. The Balaban J connectivity index is 1.79. The lowest BCUT2D eigenvalue weighted by molar-refractivity contribution is -0.148. The summed E-state index contributed by atoms with van der Waals surface area (Å²) in [7, 11) is 2.68. The molecule has 2 aromatic carbocycles. The normalized spacial score (nSPS) is 15.4. The van der Waals surface area contributed by atoms with Gasteiger partial charge in [0.1, 0.15) is 12.6 Å². The largest absolute Gasteiger partial charge is 0.493 e. The summed E-state index contributed by atoms with van der Waals surface area (Å²) in [6, 6.07) is 13.3. The first-order chi connectivity index (χ1) is 15.4. The minimum absolute atomic E-state index is 0.184. The summed E-state index contributed by atoms with van der Waals surface area (Å²) in [5, 5.41) is 8.67. The van der Waals surface area contributed by atoms with Gasteiger partial charge in [-0.25, -0.2) is 4.79 Å². The van der Waals surface area contributed by atoms with Crippen molar-refractivity contribution >= 4 is 35.0 Å². The predicted octanol–water partition coefficient (Wildman–Crippen LogP) is 3.74. The van der Waals surface area contributed by atoms with E-state index in [2.05, 4.69) is 10.8 Å². The van der Waals surface area contributed by atoms with E-state index in [-0.39, 0.29) is 11.5 Å². The van der Waals surface area contributed by atoms with E-state index < -0.39 is 23.2 Å². The Morgan fingerprint density at radius 3 is 2.62 bits per heavy atom. The van der Waals surface area contributed by atoms with Crippen LogP contribution in [0.1, 0.15) is 23.6 Å². The molecule has 0 radical (unpaired) electrons. The minimum atomic E-state index is -1.01. The van der Waals surface area contributed by atoms with Gasteiger partial charge < -0.3 is 14.2 Å². The lowest BCUT2D eigenvalue weighted by Crippen LogP contribution is -2.42. The molecule has 0 unspecified atom stereocenters. The van der Waals surface area contributed by atoms with Crippen LogP contribution < -0.4 is 9.47 Å². The number of benzene rings is 2.